The number of benzene rings is 1. The summed E-state index contributed by atoms with van der Waals surface area (Å²) in [7, 11) is 1.84. The summed E-state index contributed by atoms with van der Waals surface area (Å²) in [4.78, 5) is 13.5. The van der Waals surface area contributed by atoms with Gasteiger partial charge in [0.1, 0.15) is 5.70 Å². The summed E-state index contributed by atoms with van der Waals surface area (Å²) in [6, 6.07) is 7.71. The van der Waals surface area contributed by atoms with Crippen molar-refractivity contribution >= 4 is 5.91 Å². The van der Waals surface area contributed by atoms with Crippen molar-refractivity contribution in [1.29, 1.82) is 0 Å². The van der Waals surface area contributed by atoms with E-state index in [2.05, 4.69) is 26.0 Å². The summed E-state index contributed by atoms with van der Waals surface area (Å²) in [5.41, 5.74) is 2.23. The largest absolute Gasteiger partial charge is 0.362 e. The van der Waals surface area contributed by atoms with Gasteiger partial charge in [0.15, 0.2) is 6.17 Å². The van der Waals surface area contributed by atoms with Crippen molar-refractivity contribution in [3.8, 4) is 11.1 Å². The second-order valence-corrected chi connectivity index (χ2v) is 9.47. The van der Waals surface area contributed by atoms with Crippen LogP contribution in [-0.4, -0.2) is 33.8 Å². The first-order chi connectivity index (χ1) is 15.7. The second-order valence-electron chi connectivity index (χ2n) is 9.47. The molecular weight excluding hydrogens is 426 g/mol. The number of carbonyl (C=O) groups excluding carboxylic acids is 1. The van der Waals surface area contributed by atoms with Gasteiger partial charge in [-0.3, -0.25) is 9.48 Å². The molecule has 1 aromatic heterocycles. The number of fused-ring (bicyclic) bond motifs is 1. The number of allylic oxidation sites excluding steroid dienone is 1. The lowest BCUT2D eigenvalue weighted by atomic mass is 9.61. The fraction of sp³-hybridized carbons (Fsp3) is 0.417. The number of halogens is 2. The van der Waals surface area contributed by atoms with Crippen LogP contribution in [0.5, 0.6) is 0 Å². The third-order valence-electron chi connectivity index (χ3n) is 6.76. The molecule has 1 unspecified atom stereocenters. The van der Waals surface area contributed by atoms with Crippen LogP contribution >= 0.6 is 0 Å². The smallest absolute Gasteiger partial charge is 0.282 e. The zero-order chi connectivity index (χ0) is 23.5. The third-order valence-corrected chi connectivity index (χ3v) is 6.76. The van der Waals surface area contributed by atoms with Crippen LogP contribution in [0.4, 0.5) is 8.78 Å². The quantitative estimate of drug-likeness (QED) is 0.729. The van der Waals surface area contributed by atoms with Crippen LogP contribution in [-0.2, 0) is 17.3 Å². The van der Waals surface area contributed by atoms with Gasteiger partial charge >= 0.3 is 0 Å². The van der Waals surface area contributed by atoms with Crippen LogP contribution in [0.25, 0.3) is 11.1 Å². The molecule has 2 aromatic rings. The zero-order valence-corrected chi connectivity index (χ0v) is 19.0. The fourth-order valence-corrected chi connectivity index (χ4v) is 5.45. The molecule has 1 amide bonds. The molecule has 5 rings (SSSR count). The number of aryl methyl sites for hydroxylation is 1. The molecule has 7 nitrogen and oxygen atoms in total. The maximum absolute atomic E-state index is 14.1. The van der Waals surface area contributed by atoms with E-state index >= 15 is 0 Å². The Morgan fingerprint density at radius 1 is 1.27 bits per heavy atom. The summed E-state index contributed by atoms with van der Waals surface area (Å²) >= 11 is 0. The number of rotatable bonds is 4. The highest BCUT2D eigenvalue weighted by atomic mass is 19.3. The third kappa shape index (κ3) is 3.20. The van der Waals surface area contributed by atoms with E-state index in [4.69, 9.17) is 0 Å². The Labute approximate surface area is 190 Å². The van der Waals surface area contributed by atoms with E-state index in [9.17, 15) is 13.6 Å². The lowest BCUT2D eigenvalue weighted by molar-refractivity contribution is -0.120. The lowest BCUT2D eigenvalue weighted by Gasteiger charge is -2.48. The van der Waals surface area contributed by atoms with Gasteiger partial charge < -0.3 is 10.6 Å². The molecular formula is C24H26F2N6O. The van der Waals surface area contributed by atoms with Crippen molar-refractivity contribution in [1.82, 2.24) is 20.4 Å². The first kappa shape index (κ1) is 21.5. The molecule has 3 aliphatic rings. The Hall–Kier alpha value is -3.36. The minimum absolute atomic E-state index is 0.256. The summed E-state index contributed by atoms with van der Waals surface area (Å²) in [6.07, 6.45) is 1.08. The molecule has 4 heterocycles. The average Bonchev–Trinajstić information content (AvgIpc) is 3.38. The Morgan fingerprint density at radius 3 is 2.73 bits per heavy atom. The van der Waals surface area contributed by atoms with Crippen LogP contribution in [0.2, 0.25) is 0 Å². The molecule has 0 bridgehead atoms. The molecule has 0 saturated carbocycles. The van der Waals surface area contributed by atoms with Crippen molar-refractivity contribution in [3.05, 3.63) is 64.8 Å². The molecule has 33 heavy (non-hydrogen) atoms. The van der Waals surface area contributed by atoms with Crippen molar-refractivity contribution in [2.45, 2.75) is 57.2 Å². The number of nitrogens with zero attached hydrogens (tertiary/aromatic N) is 4. The molecule has 1 aromatic carbocycles. The van der Waals surface area contributed by atoms with Gasteiger partial charge in [0, 0.05) is 42.0 Å². The van der Waals surface area contributed by atoms with Gasteiger partial charge in [-0.15, -0.1) is 0 Å². The molecule has 9 heteroatoms. The SMILES string of the molecule is CC[C@@]1(c2cccc(-c3cnn(C)c3)c2)C2=C(CC(C)(C)NC2=O)NC2N=NC(C(F)F)=C21. The first-order valence-corrected chi connectivity index (χ1v) is 11.0. The highest BCUT2D eigenvalue weighted by Gasteiger charge is 2.55. The van der Waals surface area contributed by atoms with Crippen LogP contribution in [0, 0.1) is 0 Å². The van der Waals surface area contributed by atoms with E-state index in [0.29, 0.717) is 24.0 Å². The molecule has 0 radical (unpaired) electrons. The fourth-order valence-electron chi connectivity index (χ4n) is 5.45. The molecule has 0 fully saturated rings. The van der Waals surface area contributed by atoms with E-state index in [1.54, 1.807) is 10.9 Å². The Bertz CT molecular complexity index is 1240. The van der Waals surface area contributed by atoms with Crippen molar-refractivity contribution < 1.29 is 13.6 Å². The minimum Gasteiger partial charge on any atom is -0.362 e. The molecule has 0 saturated heterocycles. The number of carbonyl (C=O) groups is 1. The number of nitrogens with one attached hydrogen (secondary N) is 2. The van der Waals surface area contributed by atoms with Gasteiger partial charge in [0.2, 0.25) is 0 Å². The number of hydrogen-bond donors (Lipinski definition) is 2. The monoisotopic (exact) mass is 452 g/mol. The highest BCUT2D eigenvalue weighted by Crippen LogP contribution is 2.53. The average molecular weight is 453 g/mol. The van der Waals surface area contributed by atoms with Crippen molar-refractivity contribution in [3.63, 3.8) is 0 Å². The normalized spacial score (nSPS) is 25.8. The van der Waals surface area contributed by atoms with E-state index < -0.39 is 23.5 Å². The summed E-state index contributed by atoms with van der Waals surface area (Å²) in [6.45, 7) is 5.81. The van der Waals surface area contributed by atoms with Crippen LogP contribution in [0.15, 0.2) is 69.4 Å². The molecule has 172 valence electrons. The van der Waals surface area contributed by atoms with E-state index in [0.717, 1.165) is 22.4 Å². The van der Waals surface area contributed by atoms with Crippen molar-refractivity contribution in [2.24, 2.45) is 17.3 Å². The van der Waals surface area contributed by atoms with Gasteiger partial charge in [-0.1, -0.05) is 25.1 Å². The topological polar surface area (TPSA) is 83.7 Å². The van der Waals surface area contributed by atoms with E-state index in [1.807, 2.05) is 58.3 Å². The lowest BCUT2D eigenvalue weighted by Crippen LogP contribution is -2.58. The molecule has 3 aliphatic heterocycles. The number of azo groups is 1. The maximum atomic E-state index is 14.1. The Morgan fingerprint density at radius 2 is 2.06 bits per heavy atom. The van der Waals surface area contributed by atoms with Crippen LogP contribution in [0.1, 0.15) is 39.2 Å². The predicted molar refractivity (Wildman–Crippen MR) is 119 cm³/mol. The minimum atomic E-state index is -2.80. The molecule has 0 spiro atoms. The van der Waals surface area contributed by atoms with E-state index in [-0.39, 0.29) is 11.6 Å². The van der Waals surface area contributed by atoms with Gasteiger partial charge in [-0.05, 0) is 37.5 Å². The zero-order valence-electron chi connectivity index (χ0n) is 19.0. The number of aromatic nitrogens is 2. The van der Waals surface area contributed by atoms with Crippen LogP contribution < -0.4 is 10.6 Å². The number of hydrogen-bond acceptors (Lipinski definition) is 5. The predicted octanol–water partition coefficient (Wildman–Crippen LogP) is 4.20. The molecule has 0 aliphatic carbocycles. The van der Waals surface area contributed by atoms with Gasteiger partial charge in [-0.2, -0.15) is 15.3 Å². The number of amides is 1. The summed E-state index contributed by atoms with van der Waals surface area (Å²) < 4.78 is 30.0. The second kappa shape index (κ2) is 7.33. The van der Waals surface area contributed by atoms with Crippen LogP contribution in [0.3, 0.4) is 0 Å². The van der Waals surface area contributed by atoms with Crippen molar-refractivity contribution in [2.75, 3.05) is 0 Å². The maximum Gasteiger partial charge on any atom is 0.282 e. The number of alkyl halides is 2. The Balaban J connectivity index is 1.80. The Kier molecular flexibility index (Phi) is 4.77. The first-order valence-electron chi connectivity index (χ1n) is 11.0. The summed E-state index contributed by atoms with van der Waals surface area (Å²) in [5, 5.41) is 18.6. The molecule has 2 atom stereocenters. The van der Waals surface area contributed by atoms with E-state index in [1.165, 1.54) is 0 Å². The standard InChI is InChI=1S/C24H26F2N6O/c1-5-24(15-8-6-7-13(9-15)14-11-27-32(4)12-14)17-16(10-23(2,3)29-22(17)33)28-21-18(24)19(20(25)26)30-31-21/h6-9,11-12,20-21,28H,5,10H2,1-4H3,(H,29,33)/t21?,24-/m1/s1. The van der Waals surface area contributed by atoms with Gasteiger partial charge in [0.05, 0.1) is 17.2 Å². The molecule has 2 N–H and O–H groups in total. The highest BCUT2D eigenvalue weighted by molar-refractivity contribution is 6.00. The summed E-state index contributed by atoms with van der Waals surface area (Å²) in [5.74, 6) is -0.256. The van der Waals surface area contributed by atoms with Gasteiger partial charge in [-0.25, -0.2) is 8.78 Å². The van der Waals surface area contributed by atoms with Gasteiger partial charge in [0.25, 0.3) is 12.3 Å².